The highest BCUT2D eigenvalue weighted by atomic mass is 19.3. The summed E-state index contributed by atoms with van der Waals surface area (Å²) in [5, 5.41) is 8.03. The summed E-state index contributed by atoms with van der Waals surface area (Å²) in [5.74, 6) is -5.54. The molecule has 1 aliphatic rings. The van der Waals surface area contributed by atoms with Crippen LogP contribution in [-0.2, 0) is 10.3 Å². The van der Waals surface area contributed by atoms with E-state index in [-0.39, 0.29) is 23.8 Å². The predicted molar refractivity (Wildman–Crippen MR) is 108 cm³/mol. The summed E-state index contributed by atoms with van der Waals surface area (Å²) in [6.45, 7) is 0.419. The Labute approximate surface area is 190 Å². The first-order chi connectivity index (χ1) is 16.1. The van der Waals surface area contributed by atoms with Gasteiger partial charge in [-0.15, -0.1) is 10.2 Å². The molecule has 0 spiro atoms. The molecule has 0 amide bonds. The van der Waals surface area contributed by atoms with Crippen molar-refractivity contribution < 1.29 is 40.6 Å². The van der Waals surface area contributed by atoms with Crippen LogP contribution in [0.2, 0.25) is 0 Å². The number of aromatic nitrogens is 2. The Morgan fingerprint density at radius 1 is 1.03 bits per heavy atom. The lowest BCUT2D eigenvalue weighted by Gasteiger charge is -2.21. The van der Waals surface area contributed by atoms with Gasteiger partial charge in [0.15, 0.2) is 12.2 Å². The molecule has 1 saturated heterocycles. The lowest BCUT2D eigenvalue weighted by atomic mass is 9.94. The number of epoxide rings is 1. The number of nitrogens with zero attached hydrogens (tertiary/aromatic N) is 2. The second-order valence-corrected chi connectivity index (χ2v) is 7.69. The minimum Gasteiger partial charge on any atom is -0.487 e. The minimum absolute atomic E-state index is 0.00595. The van der Waals surface area contributed by atoms with Gasteiger partial charge in [0.05, 0.1) is 12.3 Å². The molecule has 0 bridgehead atoms. The highest BCUT2D eigenvalue weighted by Gasteiger charge is 2.54. The number of hydrogen-bond acceptors (Lipinski definition) is 5. The number of ether oxygens (including phenoxy) is 3. The Morgan fingerprint density at radius 2 is 1.74 bits per heavy atom. The molecule has 34 heavy (non-hydrogen) atoms. The highest BCUT2D eigenvalue weighted by Crippen LogP contribution is 2.44. The molecule has 4 rings (SSSR count). The van der Waals surface area contributed by atoms with E-state index < -0.39 is 42.3 Å². The fraction of sp³-hybridized carbons (Fsp3) is 0.304. The third-order valence-electron chi connectivity index (χ3n) is 5.34. The number of benzene rings is 2. The molecule has 1 fully saturated rings. The van der Waals surface area contributed by atoms with Gasteiger partial charge in [-0.25, -0.2) is 17.6 Å². The van der Waals surface area contributed by atoms with Crippen molar-refractivity contribution in [3.05, 3.63) is 71.8 Å². The van der Waals surface area contributed by atoms with Crippen LogP contribution in [0.1, 0.15) is 12.5 Å². The van der Waals surface area contributed by atoms with E-state index >= 15 is 0 Å². The van der Waals surface area contributed by atoms with E-state index in [9.17, 15) is 26.3 Å². The quantitative estimate of drug-likeness (QED) is 0.301. The van der Waals surface area contributed by atoms with Crippen molar-refractivity contribution in [2.24, 2.45) is 0 Å². The van der Waals surface area contributed by atoms with E-state index in [4.69, 9.17) is 14.2 Å². The SMILES string of the molecule is C[C@@H](Oc1ccc(-c2ccc(OCC(F)(F)C(F)F)cc2)nn1)[C@@]1(c2ccc(F)cc2F)CO1. The fourth-order valence-corrected chi connectivity index (χ4v) is 3.30. The third kappa shape index (κ3) is 4.93. The molecule has 0 aliphatic carbocycles. The summed E-state index contributed by atoms with van der Waals surface area (Å²) in [7, 11) is 0. The zero-order valence-corrected chi connectivity index (χ0v) is 17.7. The first kappa shape index (κ1) is 23.8. The van der Waals surface area contributed by atoms with E-state index in [2.05, 4.69) is 10.2 Å². The van der Waals surface area contributed by atoms with E-state index in [0.717, 1.165) is 12.1 Å². The maximum absolute atomic E-state index is 14.2. The van der Waals surface area contributed by atoms with Crippen LogP contribution in [0.3, 0.4) is 0 Å². The van der Waals surface area contributed by atoms with Gasteiger partial charge in [0, 0.05) is 23.3 Å². The number of rotatable bonds is 9. The molecular formula is C23H18F6N2O3. The zero-order valence-electron chi connectivity index (χ0n) is 17.7. The van der Waals surface area contributed by atoms with Gasteiger partial charge < -0.3 is 14.2 Å². The zero-order chi connectivity index (χ0) is 24.5. The van der Waals surface area contributed by atoms with E-state index in [1.807, 2.05) is 0 Å². The Kier molecular flexibility index (Phi) is 6.39. The Balaban J connectivity index is 1.39. The fourth-order valence-electron chi connectivity index (χ4n) is 3.30. The van der Waals surface area contributed by atoms with Crippen LogP contribution < -0.4 is 9.47 Å². The largest absolute Gasteiger partial charge is 0.487 e. The summed E-state index contributed by atoms with van der Waals surface area (Å²) in [6, 6.07) is 12.1. The average molecular weight is 484 g/mol. The topological polar surface area (TPSA) is 56.8 Å². The van der Waals surface area contributed by atoms with Crippen molar-refractivity contribution in [1.82, 2.24) is 10.2 Å². The molecule has 1 aromatic heterocycles. The molecule has 0 unspecified atom stereocenters. The van der Waals surface area contributed by atoms with E-state index in [1.54, 1.807) is 13.0 Å². The van der Waals surface area contributed by atoms with Crippen molar-refractivity contribution in [3.8, 4) is 22.9 Å². The maximum Gasteiger partial charge on any atom is 0.340 e. The van der Waals surface area contributed by atoms with Gasteiger partial charge in [0.25, 0.3) is 0 Å². The predicted octanol–water partition coefficient (Wildman–Crippen LogP) is 5.39. The minimum atomic E-state index is -4.25. The van der Waals surface area contributed by atoms with Gasteiger partial charge >= 0.3 is 12.3 Å². The van der Waals surface area contributed by atoms with Crippen LogP contribution in [0, 0.1) is 11.6 Å². The monoisotopic (exact) mass is 484 g/mol. The van der Waals surface area contributed by atoms with E-state index in [0.29, 0.717) is 11.3 Å². The van der Waals surface area contributed by atoms with Crippen molar-refractivity contribution in [1.29, 1.82) is 0 Å². The lowest BCUT2D eigenvalue weighted by molar-refractivity contribution is -0.148. The van der Waals surface area contributed by atoms with Crippen LogP contribution in [0.25, 0.3) is 11.3 Å². The van der Waals surface area contributed by atoms with Crippen molar-refractivity contribution in [2.45, 2.75) is 31.0 Å². The molecule has 1 aliphatic heterocycles. The van der Waals surface area contributed by atoms with Crippen LogP contribution in [-0.4, -0.2) is 41.9 Å². The van der Waals surface area contributed by atoms with Crippen LogP contribution >= 0.6 is 0 Å². The molecule has 2 heterocycles. The summed E-state index contributed by atoms with van der Waals surface area (Å²) in [4.78, 5) is 0. The van der Waals surface area contributed by atoms with Gasteiger partial charge in [-0.2, -0.15) is 8.78 Å². The van der Waals surface area contributed by atoms with Gasteiger partial charge in [-0.05, 0) is 43.3 Å². The maximum atomic E-state index is 14.2. The smallest absolute Gasteiger partial charge is 0.340 e. The van der Waals surface area contributed by atoms with Crippen LogP contribution in [0.5, 0.6) is 11.6 Å². The molecular weight excluding hydrogens is 466 g/mol. The Bertz CT molecular complexity index is 1140. The summed E-state index contributed by atoms with van der Waals surface area (Å²) in [5.41, 5.74) is 0.108. The average Bonchev–Trinajstić information content (AvgIpc) is 3.60. The normalized spacial score (nSPS) is 18.6. The van der Waals surface area contributed by atoms with Crippen molar-refractivity contribution in [3.63, 3.8) is 0 Å². The number of alkyl halides is 4. The van der Waals surface area contributed by atoms with Crippen molar-refractivity contribution in [2.75, 3.05) is 13.2 Å². The first-order valence-electron chi connectivity index (χ1n) is 10.1. The second-order valence-electron chi connectivity index (χ2n) is 7.69. The van der Waals surface area contributed by atoms with Crippen molar-refractivity contribution >= 4 is 0 Å². The standard InChI is InChI=1S/C23H18F6N2O3/c1-13(22(11-33-22)17-7-4-15(24)10-18(17)25)34-20-9-8-19(30-31-20)14-2-5-16(6-3-14)32-12-23(28,29)21(26)27/h2-10,13,21H,11-12H2,1H3/t13-,22-/m1/s1. The Hall–Kier alpha value is -3.34. The van der Waals surface area contributed by atoms with Gasteiger partial charge in [0.1, 0.15) is 23.5 Å². The second kappa shape index (κ2) is 9.13. The number of hydrogen-bond donors (Lipinski definition) is 0. The molecule has 5 nitrogen and oxygen atoms in total. The molecule has 0 radical (unpaired) electrons. The van der Waals surface area contributed by atoms with E-state index in [1.165, 1.54) is 36.4 Å². The lowest BCUT2D eigenvalue weighted by Crippen LogP contribution is -2.33. The molecule has 2 aromatic carbocycles. The summed E-state index contributed by atoms with van der Waals surface area (Å²) < 4.78 is 93.7. The summed E-state index contributed by atoms with van der Waals surface area (Å²) in [6.07, 6.45) is -4.48. The molecule has 180 valence electrons. The summed E-state index contributed by atoms with van der Waals surface area (Å²) >= 11 is 0. The Morgan fingerprint density at radius 3 is 2.29 bits per heavy atom. The van der Waals surface area contributed by atoms with Gasteiger partial charge in [-0.3, -0.25) is 0 Å². The van der Waals surface area contributed by atoms with Gasteiger partial charge in [-0.1, -0.05) is 6.07 Å². The molecule has 3 aromatic rings. The third-order valence-corrected chi connectivity index (χ3v) is 5.34. The number of halogens is 6. The molecule has 0 saturated carbocycles. The van der Waals surface area contributed by atoms with Gasteiger partial charge in [0.2, 0.25) is 5.88 Å². The first-order valence-corrected chi connectivity index (χ1v) is 10.1. The van der Waals surface area contributed by atoms with Crippen LogP contribution in [0.4, 0.5) is 26.3 Å². The van der Waals surface area contributed by atoms with Crippen LogP contribution in [0.15, 0.2) is 54.6 Å². The molecule has 2 atom stereocenters. The molecule has 11 heteroatoms. The molecule has 0 N–H and O–H groups in total. The highest BCUT2D eigenvalue weighted by molar-refractivity contribution is 5.59.